The summed E-state index contributed by atoms with van der Waals surface area (Å²) in [5.74, 6) is -0.216. The minimum Gasteiger partial charge on any atom is -0.435 e. The van der Waals surface area contributed by atoms with Crippen LogP contribution in [0.3, 0.4) is 0 Å². The van der Waals surface area contributed by atoms with Crippen molar-refractivity contribution < 1.29 is 28.0 Å². The van der Waals surface area contributed by atoms with Crippen LogP contribution in [-0.4, -0.2) is 45.1 Å². The minimum absolute atomic E-state index is 0.0992. The topological polar surface area (TPSA) is 71.9 Å². The van der Waals surface area contributed by atoms with E-state index in [0.29, 0.717) is 13.0 Å². The molecule has 8 heteroatoms. The lowest BCUT2D eigenvalue weighted by atomic mass is 10.1. The second-order valence-corrected chi connectivity index (χ2v) is 7.23. The van der Waals surface area contributed by atoms with E-state index < -0.39 is 6.61 Å². The molecule has 0 radical (unpaired) electrons. The molecule has 0 aliphatic rings. The van der Waals surface area contributed by atoms with E-state index in [1.165, 1.54) is 12.1 Å². The van der Waals surface area contributed by atoms with Crippen molar-refractivity contribution in [3.8, 4) is 5.75 Å². The van der Waals surface area contributed by atoms with Crippen molar-refractivity contribution >= 4 is 17.5 Å². The Morgan fingerprint density at radius 3 is 2.37 bits per heavy atom. The molecule has 6 nitrogen and oxygen atoms in total. The first-order chi connectivity index (χ1) is 14.2. The number of hydrogen-bond acceptors (Lipinski definition) is 3. The number of aryl methyl sites for hydroxylation is 1. The number of alkyl halides is 2. The third-order valence-corrected chi connectivity index (χ3v) is 4.69. The number of amides is 2. The second kappa shape index (κ2) is 11.3. The maximum Gasteiger partial charge on any atom is 0.387 e. The first-order valence-corrected chi connectivity index (χ1v) is 9.72. The van der Waals surface area contributed by atoms with Gasteiger partial charge in [0, 0.05) is 12.2 Å². The molecule has 2 aromatic carbocycles. The van der Waals surface area contributed by atoms with Crippen LogP contribution in [0.1, 0.15) is 16.7 Å². The molecule has 0 spiro atoms. The largest absolute Gasteiger partial charge is 0.435 e. The van der Waals surface area contributed by atoms with Gasteiger partial charge in [0.1, 0.15) is 5.75 Å². The van der Waals surface area contributed by atoms with Crippen molar-refractivity contribution in [2.75, 3.05) is 32.0 Å². The maximum atomic E-state index is 12.2. The molecule has 2 amide bonds. The normalized spacial score (nSPS) is 11.8. The summed E-state index contributed by atoms with van der Waals surface area (Å²) in [5, 5.41) is 5.69. The molecule has 0 aromatic heterocycles. The quantitative estimate of drug-likeness (QED) is 0.548. The Hall–Kier alpha value is -3.00. The van der Waals surface area contributed by atoms with Crippen molar-refractivity contribution in [1.82, 2.24) is 5.32 Å². The molecule has 3 N–H and O–H groups in total. The number of carbonyl (C=O) groups excluding carboxylic acids is 2. The third-order valence-electron chi connectivity index (χ3n) is 4.69. The fourth-order valence-electron chi connectivity index (χ4n) is 2.94. The molecule has 0 saturated heterocycles. The summed E-state index contributed by atoms with van der Waals surface area (Å²) >= 11 is 0. The van der Waals surface area contributed by atoms with E-state index in [1.54, 1.807) is 19.2 Å². The number of nitrogens with one attached hydrogen (secondary N) is 3. The van der Waals surface area contributed by atoms with Gasteiger partial charge in [0.2, 0.25) is 0 Å². The molecule has 0 saturated carbocycles. The van der Waals surface area contributed by atoms with Crippen LogP contribution in [0.25, 0.3) is 0 Å². The molecular formula is C22H28F2N3O3+. The molecule has 0 aliphatic carbocycles. The Labute approximate surface area is 175 Å². The molecule has 1 atom stereocenters. The number of carbonyl (C=O) groups is 2. The lowest BCUT2D eigenvalue weighted by Gasteiger charge is -2.15. The Bertz CT molecular complexity index is 857. The summed E-state index contributed by atoms with van der Waals surface area (Å²) in [6, 6.07) is 12.0. The molecular weight excluding hydrogens is 392 g/mol. The molecule has 0 fully saturated rings. The van der Waals surface area contributed by atoms with Gasteiger partial charge in [-0.3, -0.25) is 9.59 Å². The minimum atomic E-state index is -2.85. The van der Waals surface area contributed by atoms with Gasteiger partial charge in [-0.25, -0.2) is 0 Å². The standard InChI is InChI=1S/C22H27F2N3O3/c1-15-5-4-6-19(16(15)2)26-21(29)14-27(3)13-20(28)25-12-11-17-7-9-18(10-8-17)30-22(23)24/h4-10,22H,11-14H2,1-3H3,(H,25,28)(H,26,29)/p+1. The van der Waals surface area contributed by atoms with Crippen molar-refractivity contribution in [3.63, 3.8) is 0 Å². The summed E-state index contributed by atoms with van der Waals surface area (Å²) in [4.78, 5) is 25.1. The molecule has 1 unspecified atom stereocenters. The van der Waals surface area contributed by atoms with Gasteiger partial charge in [-0.15, -0.1) is 0 Å². The van der Waals surface area contributed by atoms with E-state index in [0.717, 1.165) is 27.3 Å². The monoisotopic (exact) mass is 420 g/mol. The van der Waals surface area contributed by atoms with Gasteiger partial charge in [-0.2, -0.15) is 8.78 Å². The number of rotatable bonds is 10. The number of quaternary nitrogens is 1. The van der Waals surface area contributed by atoms with Gasteiger partial charge in [0.05, 0.1) is 7.05 Å². The average molecular weight is 420 g/mol. The molecule has 162 valence electrons. The van der Waals surface area contributed by atoms with E-state index in [4.69, 9.17) is 0 Å². The van der Waals surface area contributed by atoms with Crippen molar-refractivity contribution in [2.24, 2.45) is 0 Å². The van der Waals surface area contributed by atoms with Crippen LogP contribution in [0.5, 0.6) is 5.75 Å². The predicted molar refractivity (Wildman–Crippen MR) is 111 cm³/mol. The Morgan fingerprint density at radius 1 is 1.03 bits per heavy atom. The first-order valence-electron chi connectivity index (χ1n) is 9.72. The average Bonchev–Trinajstić information content (AvgIpc) is 2.66. The number of halogens is 2. The Balaban J connectivity index is 1.70. The SMILES string of the molecule is Cc1cccc(NC(=O)C[NH+](C)CC(=O)NCCc2ccc(OC(F)F)cc2)c1C. The summed E-state index contributed by atoms with van der Waals surface area (Å²) in [6.07, 6.45) is 0.562. The van der Waals surface area contributed by atoms with Gasteiger partial charge in [-0.1, -0.05) is 24.3 Å². The van der Waals surface area contributed by atoms with E-state index in [-0.39, 0.29) is 30.7 Å². The number of hydrogen-bond donors (Lipinski definition) is 3. The fourth-order valence-corrected chi connectivity index (χ4v) is 2.94. The van der Waals surface area contributed by atoms with Crippen LogP contribution < -0.4 is 20.3 Å². The fraction of sp³-hybridized carbons (Fsp3) is 0.364. The van der Waals surface area contributed by atoms with Gasteiger partial charge < -0.3 is 20.3 Å². The van der Waals surface area contributed by atoms with Crippen molar-refractivity contribution in [2.45, 2.75) is 26.9 Å². The van der Waals surface area contributed by atoms with E-state index in [2.05, 4.69) is 15.4 Å². The molecule has 2 rings (SSSR count). The van der Waals surface area contributed by atoms with Gasteiger partial charge in [0.25, 0.3) is 11.8 Å². The van der Waals surface area contributed by atoms with E-state index in [9.17, 15) is 18.4 Å². The van der Waals surface area contributed by atoms with Gasteiger partial charge in [0.15, 0.2) is 13.1 Å². The highest BCUT2D eigenvalue weighted by molar-refractivity contribution is 5.92. The highest BCUT2D eigenvalue weighted by Gasteiger charge is 2.15. The highest BCUT2D eigenvalue weighted by atomic mass is 19.3. The highest BCUT2D eigenvalue weighted by Crippen LogP contribution is 2.17. The molecule has 0 bridgehead atoms. The number of likely N-dealkylation sites (N-methyl/N-ethyl adjacent to an activating group) is 1. The van der Waals surface area contributed by atoms with Gasteiger partial charge in [-0.05, 0) is 55.2 Å². The van der Waals surface area contributed by atoms with Crippen molar-refractivity contribution in [1.29, 1.82) is 0 Å². The van der Waals surface area contributed by atoms with Crippen LogP contribution in [-0.2, 0) is 16.0 Å². The van der Waals surface area contributed by atoms with E-state index >= 15 is 0 Å². The second-order valence-electron chi connectivity index (χ2n) is 7.23. The zero-order valence-corrected chi connectivity index (χ0v) is 17.4. The van der Waals surface area contributed by atoms with Crippen LogP contribution in [0, 0.1) is 13.8 Å². The molecule has 2 aromatic rings. The zero-order valence-electron chi connectivity index (χ0n) is 17.4. The smallest absolute Gasteiger partial charge is 0.387 e. The van der Waals surface area contributed by atoms with Crippen LogP contribution >= 0.6 is 0 Å². The number of anilines is 1. The first kappa shape index (κ1) is 23.3. The Morgan fingerprint density at radius 2 is 1.70 bits per heavy atom. The summed E-state index contributed by atoms with van der Waals surface area (Å²) in [5.41, 5.74) is 3.80. The molecule has 0 aliphatic heterocycles. The Kier molecular flexibility index (Phi) is 8.73. The summed E-state index contributed by atoms with van der Waals surface area (Å²) < 4.78 is 28.6. The van der Waals surface area contributed by atoms with E-state index in [1.807, 2.05) is 32.0 Å². The zero-order chi connectivity index (χ0) is 22.1. The van der Waals surface area contributed by atoms with Crippen LogP contribution in [0.2, 0.25) is 0 Å². The molecule has 0 heterocycles. The summed E-state index contributed by atoms with van der Waals surface area (Å²) in [6.45, 7) is 1.84. The lowest BCUT2D eigenvalue weighted by Crippen LogP contribution is -3.11. The lowest BCUT2D eigenvalue weighted by molar-refractivity contribution is -0.862. The maximum absolute atomic E-state index is 12.2. The number of benzene rings is 2. The predicted octanol–water partition coefficient (Wildman–Crippen LogP) is 1.72. The number of ether oxygens (including phenoxy) is 1. The summed E-state index contributed by atoms with van der Waals surface area (Å²) in [7, 11) is 1.78. The third kappa shape index (κ3) is 7.79. The molecule has 30 heavy (non-hydrogen) atoms. The van der Waals surface area contributed by atoms with Gasteiger partial charge >= 0.3 is 6.61 Å². The van der Waals surface area contributed by atoms with Crippen molar-refractivity contribution in [3.05, 3.63) is 59.2 Å². The van der Waals surface area contributed by atoms with Crippen LogP contribution in [0.4, 0.5) is 14.5 Å². The van der Waals surface area contributed by atoms with Crippen LogP contribution in [0.15, 0.2) is 42.5 Å².